The molecule has 0 saturated heterocycles. The van der Waals surface area contributed by atoms with Crippen LogP contribution in [0, 0.1) is 11.8 Å². The van der Waals surface area contributed by atoms with Gasteiger partial charge in [-0.1, -0.05) is 13.8 Å². The van der Waals surface area contributed by atoms with Crippen molar-refractivity contribution in [3.05, 3.63) is 46.0 Å². The zero-order valence-corrected chi connectivity index (χ0v) is 15.7. The molecule has 1 aromatic carbocycles. The number of fused-ring (bicyclic) bond motifs is 1. The van der Waals surface area contributed by atoms with Gasteiger partial charge in [0.15, 0.2) is 5.82 Å². The number of anilines is 1. The maximum atomic E-state index is 12.5. The summed E-state index contributed by atoms with van der Waals surface area (Å²) in [5.41, 5.74) is 2.92. The van der Waals surface area contributed by atoms with E-state index in [0.29, 0.717) is 28.7 Å². The smallest absolute Gasteiger partial charge is 0.306 e. The van der Waals surface area contributed by atoms with E-state index in [0.717, 1.165) is 30.6 Å². The lowest BCUT2D eigenvalue weighted by atomic mass is 10.1. The number of nitrogens with one attached hydrogen (secondary N) is 3. The van der Waals surface area contributed by atoms with Crippen molar-refractivity contribution in [1.82, 2.24) is 19.7 Å². The molecule has 1 amide bonds. The third-order valence-electron chi connectivity index (χ3n) is 5.04. The van der Waals surface area contributed by atoms with Gasteiger partial charge in [0.2, 0.25) is 0 Å². The molecule has 3 aromatic rings. The third-order valence-corrected chi connectivity index (χ3v) is 5.04. The number of H-pyrrole nitrogens is 2. The minimum atomic E-state index is -0.241. The molecular weight excluding hydrogens is 342 g/mol. The number of nitrogens with zero attached hydrogens (tertiary/aromatic N) is 2. The van der Waals surface area contributed by atoms with Gasteiger partial charge in [-0.3, -0.25) is 14.5 Å². The zero-order valence-electron chi connectivity index (χ0n) is 15.7. The number of aryl methyl sites for hydroxylation is 1. The minimum absolute atomic E-state index is 0.114. The van der Waals surface area contributed by atoms with E-state index >= 15 is 0 Å². The Bertz CT molecular complexity index is 1020. The Hall–Kier alpha value is -2.83. The second-order valence-electron chi connectivity index (χ2n) is 7.88. The maximum absolute atomic E-state index is 12.5. The first-order valence-corrected chi connectivity index (χ1v) is 9.58. The van der Waals surface area contributed by atoms with Gasteiger partial charge in [0.1, 0.15) is 0 Å². The van der Waals surface area contributed by atoms with E-state index in [2.05, 4.69) is 34.3 Å². The number of carbonyl (C=O) groups is 1. The van der Waals surface area contributed by atoms with Gasteiger partial charge in [0, 0.05) is 23.9 Å². The van der Waals surface area contributed by atoms with Crippen molar-refractivity contribution < 1.29 is 4.79 Å². The summed E-state index contributed by atoms with van der Waals surface area (Å²) in [7, 11) is 0. The van der Waals surface area contributed by atoms with Crippen molar-refractivity contribution in [3.63, 3.8) is 0 Å². The average Bonchev–Trinajstić information content (AvgIpc) is 3.26. The fourth-order valence-electron chi connectivity index (χ4n) is 3.23. The monoisotopic (exact) mass is 367 g/mol. The second-order valence-corrected chi connectivity index (χ2v) is 7.88. The zero-order chi connectivity index (χ0) is 19.0. The molecule has 0 aliphatic heterocycles. The fourth-order valence-corrected chi connectivity index (χ4v) is 3.23. The number of rotatable bonds is 7. The highest BCUT2D eigenvalue weighted by molar-refractivity contribution is 6.05. The van der Waals surface area contributed by atoms with Crippen molar-refractivity contribution in [3.8, 4) is 0 Å². The van der Waals surface area contributed by atoms with Crippen LogP contribution in [0.3, 0.4) is 0 Å². The van der Waals surface area contributed by atoms with Crippen LogP contribution >= 0.6 is 0 Å². The van der Waals surface area contributed by atoms with Crippen LogP contribution in [-0.4, -0.2) is 25.7 Å². The molecule has 2 heterocycles. The number of hydrogen-bond acceptors (Lipinski definition) is 3. The van der Waals surface area contributed by atoms with Crippen LogP contribution < -0.4 is 11.0 Å². The Labute approximate surface area is 157 Å². The largest absolute Gasteiger partial charge is 0.326 e. The molecule has 142 valence electrons. The molecule has 7 heteroatoms. The second kappa shape index (κ2) is 7.06. The SMILES string of the molecule is CC(C)CCc1cc(NC(=O)c2ccc3c(c2)[nH]c(=O)n3CC2CC2)n[nH]1. The molecule has 1 saturated carbocycles. The van der Waals surface area contributed by atoms with Gasteiger partial charge >= 0.3 is 5.69 Å². The van der Waals surface area contributed by atoms with Crippen LogP contribution in [0.5, 0.6) is 0 Å². The molecule has 1 aliphatic carbocycles. The molecule has 1 fully saturated rings. The van der Waals surface area contributed by atoms with Crippen LogP contribution in [0.4, 0.5) is 5.82 Å². The Morgan fingerprint density at radius 2 is 2.15 bits per heavy atom. The van der Waals surface area contributed by atoms with Crippen molar-refractivity contribution in [2.45, 2.75) is 46.1 Å². The van der Waals surface area contributed by atoms with Crippen LogP contribution in [0.1, 0.15) is 49.2 Å². The van der Waals surface area contributed by atoms with Gasteiger partial charge < -0.3 is 10.3 Å². The molecular formula is C20H25N5O2. The van der Waals surface area contributed by atoms with Crippen LogP contribution in [0.2, 0.25) is 0 Å². The molecule has 1 aliphatic rings. The number of aromatic nitrogens is 4. The summed E-state index contributed by atoms with van der Waals surface area (Å²) in [6.45, 7) is 5.10. The van der Waals surface area contributed by atoms with Gasteiger partial charge in [-0.05, 0) is 55.7 Å². The fraction of sp³-hybridized carbons (Fsp3) is 0.450. The Kier molecular flexibility index (Phi) is 4.59. The predicted molar refractivity (Wildman–Crippen MR) is 105 cm³/mol. The number of benzene rings is 1. The van der Waals surface area contributed by atoms with Gasteiger partial charge in [0.25, 0.3) is 5.91 Å². The third kappa shape index (κ3) is 3.97. The van der Waals surface area contributed by atoms with Gasteiger partial charge in [-0.2, -0.15) is 5.10 Å². The normalized spacial score (nSPS) is 14.2. The van der Waals surface area contributed by atoms with Crippen LogP contribution in [0.25, 0.3) is 11.0 Å². The molecule has 27 heavy (non-hydrogen) atoms. The lowest BCUT2D eigenvalue weighted by Gasteiger charge is -2.04. The summed E-state index contributed by atoms with van der Waals surface area (Å²) in [6, 6.07) is 7.18. The molecule has 0 atom stereocenters. The summed E-state index contributed by atoms with van der Waals surface area (Å²) in [5.74, 6) is 1.50. The van der Waals surface area contributed by atoms with E-state index in [4.69, 9.17) is 0 Å². The number of aromatic amines is 2. The molecule has 7 nitrogen and oxygen atoms in total. The lowest BCUT2D eigenvalue weighted by molar-refractivity contribution is 0.102. The van der Waals surface area contributed by atoms with E-state index in [1.807, 2.05) is 12.1 Å². The van der Waals surface area contributed by atoms with Crippen molar-refractivity contribution >= 4 is 22.8 Å². The van der Waals surface area contributed by atoms with E-state index in [9.17, 15) is 9.59 Å². The van der Waals surface area contributed by atoms with Gasteiger partial charge in [-0.25, -0.2) is 4.79 Å². The molecule has 0 unspecified atom stereocenters. The molecule has 0 radical (unpaired) electrons. The highest BCUT2D eigenvalue weighted by atomic mass is 16.2. The van der Waals surface area contributed by atoms with E-state index in [1.54, 1.807) is 16.7 Å². The summed E-state index contributed by atoms with van der Waals surface area (Å²) >= 11 is 0. The number of carbonyl (C=O) groups excluding carboxylic acids is 1. The standard InChI is InChI=1S/C20H25N5O2/c1-12(2)3-7-15-10-18(24-23-15)22-19(26)14-6-8-17-16(9-14)21-20(27)25(17)11-13-4-5-13/h6,8-10,12-13H,3-5,7,11H2,1-2H3,(H,21,27)(H2,22,23,24,26). The first-order chi connectivity index (χ1) is 13.0. The Morgan fingerprint density at radius 1 is 1.33 bits per heavy atom. The quantitative estimate of drug-likeness (QED) is 0.598. The molecule has 0 spiro atoms. The predicted octanol–water partition coefficient (Wildman–Crippen LogP) is 3.30. The van der Waals surface area contributed by atoms with Gasteiger partial charge in [-0.15, -0.1) is 0 Å². The topological polar surface area (TPSA) is 95.6 Å². The summed E-state index contributed by atoms with van der Waals surface area (Å²) in [6.07, 6.45) is 4.34. The molecule has 3 N–H and O–H groups in total. The van der Waals surface area contributed by atoms with Crippen molar-refractivity contribution in [2.75, 3.05) is 5.32 Å². The van der Waals surface area contributed by atoms with Crippen LogP contribution in [0.15, 0.2) is 29.1 Å². The van der Waals surface area contributed by atoms with Crippen molar-refractivity contribution in [1.29, 1.82) is 0 Å². The first-order valence-electron chi connectivity index (χ1n) is 9.58. The minimum Gasteiger partial charge on any atom is -0.306 e. The Balaban J connectivity index is 1.48. The van der Waals surface area contributed by atoms with Gasteiger partial charge in [0.05, 0.1) is 11.0 Å². The summed E-state index contributed by atoms with van der Waals surface area (Å²) in [5, 5.41) is 9.94. The Morgan fingerprint density at radius 3 is 2.89 bits per heavy atom. The highest BCUT2D eigenvalue weighted by Crippen LogP contribution is 2.31. The lowest BCUT2D eigenvalue weighted by Crippen LogP contribution is -2.17. The molecule has 4 rings (SSSR count). The van der Waals surface area contributed by atoms with Crippen LogP contribution in [-0.2, 0) is 13.0 Å². The number of hydrogen-bond donors (Lipinski definition) is 3. The van der Waals surface area contributed by atoms with E-state index < -0.39 is 0 Å². The summed E-state index contributed by atoms with van der Waals surface area (Å²) in [4.78, 5) is 27.6. The molecule has 2 aromatic heterocycles. The number of amides is 1. The number of imidazole rings is 1. The van der Waals surface area contributed by atoms with Crippen molar-refractivity contribution in [2.24, 2.45) is 11.8 Å². The van der Waals surface area contributed by atoms with E-state index in [1.165, 1.54) is 12.8 Å². The average molecular weight is 367 g/mol. The summed E-state index contributed by atoms with van der Waals surface area (Å²) < 4.78 is 1.77. The first kappa shape index (κ1) is 17.6. The molecule has 0 bridgehead atoms. The van der Waals surface area contributed by atoms with E-state index in [-0.39, 0.29) is 11.6 Å². The highest BCUT2D eigenvalue weighted by Gasteiger charge is 2.23. The maximum Gasteiger partial charge on any atom is 0.326 e.